The van der Waals surface area contributed by atoms with Gasteiger partial charge in [0, 0.05) is 19.2 Å². The summed E-state index contributed by atoms with van der Waals surface area (Å²) in [5.74, 6) is 0. The first-order valence-electron chi connectivity index (χ1n) is 7.82. The van der Waals surface area contributed by atoms with Crippen molar-refractivity contribution >= 4 is 0 Å². The van der Waals surface area contributed by atoms with Gasteiger partial charge in [-0.3, -0.25) is 0 Å². The Bertz CT molecular complexity index is 418. The van der Waals surface area contributed by atoms with Crippen LogP contribution in [0.15, 0.2) is 24.3 Å². The number of rotatable bonds is 8. The molecule has 0 aliphatic carbocycles. The molecule has 2 N–H and O–H groups in total. The van der Waals surface area contributed by atoms with Gasteiger partial charge < -0.3 is 19.9 Å². The van der Waals surface area contributed by atoms with E-state index in [9.17, 15) is 5.11 Å². The maximum atomic E-state index is 9.95. The van der Waals surface area contributed by atoms with E-state index in [1.807, 2.05) is 0 Å². The molecule has 0 amide bonds. The highest BCUT2D eigenvalue weighted by Gasteiger charge is 2.16. The molecule has 0 saturated carbocycles. The summed E-state index contributed by atoms with van der Waals surface area (Å²) in [4.78, 5) is 0. The summed E-state index contributed by atoms with van der Waals surface area (Å²) in [5, 5.41) is 13.3. The van der Waals surface area contributed by atoms with E-state index in [2.05, 4.69) is 43.4 Å². The van der Waals surface area contributed by atoms with E-state index >= 15 is 0 Å². The van der Waals surface area contributed by atoms with Gasteiger partial charge in [0.2, 0.25) is 0 Å². The van der Waals surface area contributed by atoms with Crippen LogP contribution < -0.4 is 5.32 Å². The normalized spacial score (nSPS) is 21.4. The van der Waals surface area contributed by atoms with Crippen LogP contribution >= 0.6 is 0 Å². The van der Waals surface area contributed by atoms with Crippen LogP contribution in [0.1, 0.15) is 36.9 Å². The molecule has 1 aliphatic heterocycles. The average Bonchev–Trinajstić information content (AvgIpc) is 2.98. The van der Waals surface area contributed by atoms with Crippen molar-refractivity contribution in [2.45, 2.75) is 44.9 Å². The Morgan fingerprint density at radius 3 is 3.05 bits per heavy atom. The van der Waals surface area contributed by atoms with E-state index in [-0.39, 0.29) is 12.1 Å². The second-order valence-electron chi connectivity index (χ2n) is 5.87. The molecule has 1 aromatic rings. The second kappa shape index (κ2) is 8.49. The zero-order valence-electron chi connectivity index (χ0n) is 13.0. The van der Waals surface area contributed by atoms with E-state index in [1.165, 1.54) is 11.1 Å². The van der Waals surface area contributed by atoms with Crippen LogP contribution in [0.4, 0.5) is 0 Å². The molecule has 4 nitrogen and oxygen atoms in total. The monoisotopic (exact) mass is 293 g/mol. The number of aliphatic hydroxyl groups is 1. The van der Waals surface area contributed by atoms with Crippen molar-refractivity contribution in [1.82, 2.24) is 5.32 Å². The van der Waals surface area contributed by atoms with Gasteiger partial charge in [-0.05, 0) is 32.3 Å². The van der Waals surface area contributed by atoms with Crippen molar-refractivity contribution < 1.29 is 14.6 Å². The fourth-order valence-electron chi connectivity index (χ4n) is 2.54. The van der Waals surface area contributed by atoms with Crippen LogP contribution in [-0.2, 0) is 9.47 Å². The summed E-state index contributed by atoms with van der Waals surface area (Å²) in [6, 6.07) is 8.63. The minimum atomic E-state index is -0.487. The fraction of sp³-hybridized carbons (Fsp3) is 0.647. The highest BCUT2D eigenvalue weighted by Crippen LogP contribution is 2.14. The van der Waals surface area contributed by atoms with Gasteiger partial charge in [-0.25, -0.2) is 0 Å². The first kappa shape index (κ1) is 16.4. The minimum Gasteiger partial charge on any atom is -0.389 e. The summed E-state index contributed by atoms with van der Waals surface area (Å²) in [6.07, 6.45) is 1.92. The molecule has 1 aromatic carbocycles. The minimum absolute atomic E-state index is 0.219. The fourth-order valence-corrected chi connectivity index (χ4v) is 2.54. The van der Waals surface area contributed by atoms with Crippen molar-refractivity contribution in [2.75, 3.05) is 26.4 Å². The lowest BCUT2D eigenvalue weighted by Gasteiger charge is -2.18. The molecule has 2 unspecified atom stereocenters. The predicted molar refractivity (Wildman–Crippen MR) is 83.4 cm³/mol. The molecule has 0 spiro atoms. The Morgan fingerprint density at radius 1 is 1.48 bits per heavy atom. The quantitative estimate of drug-likeness (QED) is 0.771. The van der Waals surface area contributed by atoms with E-state index in [0.717, 1.165) is 19.4 Å². The Labute approximate surface area is 127 Å². The second-order valence-corrected chi connectivity index (χ2v) is 5.87. The Balaban J connectivity index is 1.62. The van der Waals surface area contributed by atoms with Crippen molar-refractivity contribution in [3.8, 4) is 0 Å². The van der Waals surface area contributed by atoms with Crippen LogP contribution in [0.2, 0.25) is 0 Å². The first-order valence-corrected chi connectivity index (χ1v) is 7.82. The number of hydrogen-bond donors (Lipinski definition) is 2. The Kier molecular flexibility index (Phi) is 6.64. The molecule has 0 bridgehead atoms. The molecule has 1 fully saturated rings. The number of aryl methyl sites for hydroxylation is 1. The van der Waals surface area contributed by atoms with Crippen molar-refractivity contribution in [2.24, 2.45) is 0 Å². The van der Waals surface area contributed by atoms with Crippen molar-refractivity contribution in [3.05, 3.63) is 35.4 Å². The molecular formula is C17H27NO3. The lowest BCUT2D eigenvalue weighted by Crippen LogP contribution is -2.33. The molecular weight excluding hydrogens is 266 g/mol. The predicted octanol–water partition coefficient (Wildman–Crippen LogP) is 2.20. The van der Waals surface area contributed by atoms with Gasteiger partial charge >= 0.3 is 0 Å². The van der Waals surface area contributed by atoms with Gasteiger partial charge in [0.1, 0.15) is 0 Å². The molecule has 1 saturated heterocycles. The third-order valence-electron chi connectivity index (χ3n) is 3.84. The van der Waals surface area contributed by atoms with Gasteiger partial charge in [0.15, 0.2) is 0 Å². The molecule has 4 heteroatoms. The highest BCUT2D eigenvalue weighted by molar-refractivity contribution is 5.24. The van der Waals surface area contributed by atoms with Crippen molar-refractivity contribution in [3.63, 3.8) is 0 Å². The van der Waals surface area contributed by atoms with Gasteiger partial charge in [0.05, 0.1) is 25.4 Å². The molecule has 2 rings (SSSR count). The zero-order chi connectivity index (χ0) is 15.1. The summed E-state index contributed by atoms with van der Waals surface area (Å²) < 4.78 is 11.0. The van der Waals surface area contributed by atoms with Crippen LogP contribution in [0, 0.1) is 6.92 Å². The first-order chi connectivity index (χ1) is 10.1. The molecule has 21 heavy (non-hydrogen) atoms. The smallest absolute Gasteiger partial charge is 0.0897 e. The van der Waals surface area contributed by atoms with Crippen LogP contribution in [-0.4, -0.2) is 43.7 Å². The topological polar surface area (TPSA) is 50.7 Å². The standard InChI is InChI=1S/C17H27NO3/c1-13-5-3-6-15(9-13)14(2)18-10-16(19)11-20-12-17-7-4-8-21-17/h3,5-6,9,14,16-19H,4,7-8,10-12H2,1-2H3/t14-,16?,17?/m1/s1. The summed E-state index contributed by atoms with van der Waals surface area (Å²) in [7, 11) is 0. The van der Waals surface area contributed by atoms with Gasteiger partial charge in [-0.2, -0.15) is 0 Å². The number of benzene rings is 1. The molecule has 1 heterocycles. The Hall–Kier alpha value is -0.940. The maximum absolute atomic E-state index is 9.95. The zero-order valence-corrected chi connectivity index (χ0v) is 13.0. The van der Waals surface area contributed by atoms with E-state index in [1.54, 1.807) is 0 Å². The van der Waals surface area contributed by atoms with Gasteiger partial charge in [-0.1, -0.05) is 29.8 Å². The van der Waals surface area contributed by atoms with Gasteiger partial charge in [0.25, 0.3) is 0 Å². The average molecular weight is 293 g/mol. The van der Waals surface area contributed by atoms with Crippen LogP contribution in [0.3, 0.4) is 0 Å². The van der Waals surface area contributed by atoms with Crippen molar-refractivity contribution in [1.29, 1.82) is 0 Å². The number of aliphatic hydroxyl groups excluding tert-OH is 1. The summed E-state index contributed by atoms with van der Waals surface area (Å²) in [5.41, 5.74) is 2.49. The maximum Gasteiger partial charge on any atom is 0.0897 e. The molecule has 118 valence electrons. The molecule has 0 radical (unpaired) electrons. The third-order valence-corrected chi connectivity index (χ3v) is 3.84. The molecule has 3 atom stereocenters. The van der Waals surface area contributed by atoms with Crippen LogP contribution in [0.25, 0.3) is 0 Å². The highest BCUT2D eigenvalue weighted by atomic mass is 16.5. The summed E-state index contributed by atoms with van der Waals surface area (Å²) >= 11 is 0. The lowest BCUT2D eigenvalue weighted by atomic mass is 10.1. The SMILES string of the molecule is Cc1cccc([C@@H](C)NCC(O)COCC2CCCO2)c1. The van der Waals surface area contributed by atoms with Crippen LogP contribution in [0.5, 0.6) is 0 Å². The number of nitrogens with one attached hydrogen (secondary N) is 1. The molecule has 0 aromatic heterocycles. The third kappa shape index (κ3) is 5.75. The molecule has 1 aliphatic rings. The number of hydrogen-bond acceptors (Lipinski definition) is 4. The summed E-state index contributed by atoms with van der Waals surface area (Å²) in [6.45, 7) is 6.50. The lowest BCUT2D eigenvalue weighted by molar-refractivity contribution is -0.0168. The van der Waals surface area contributed by atoms with E-state index < -0.39 is 6.10 Å². The van der Waals surface area contributed by atoms with E-state index in [4.69, 9.17) is 9.47 Å². The van der Waals surface area contributed by atoms with Gasteiger partial charge in [-0.15, -0.1) is 0 Å². The largest absolute Gasteiger partial charge is 0.389 e. The number of ether oxygens (including phenoxy) is 2. The Morgan fingerprint density at radius 2 is 2.33 bits per heavy atom. The van der Waals surface area contributed by atoms with E-state index in [0.29, 0.717) is 19.8 Å².